The molecule has 106 valence electrons. The Morgan fingerprint density at radius 1 is 1.37 bits per heavy atom. The third-order valence-corrected chi connectivity index (χ3v) is 4.46. The van der Waals surface area contributed by atoms with E-state index in [2.05, 4.69) is 12.2 Å². The van der Waals surface area contributed by atoms with Gasteiger partial charge in [0.05, 0.1) is 0 Å². The topological polar surface area (TPSA) is 72.2 Å². The Balaban J connectivity index is 2.43. The highest BCUT2D eigenvalue weighted by molar-refractivity contribution is 7.85. The number of hydrogen-bond donors (Lipinski definition) is 2. The molecule has 2 atom stereocenters. The second-order valence-corrected chi connectivity index (χ2v) is 6.22. The molecule has 0 heterocycles. The fraction of sp³-hybridized carbons (Fsp3) is 0.500. The van der Waals surface area contributed by atoms with Crippen molar-refractivity contribution in [2.45, 2.75) is 26.8 Å². The Bertz CT molecular complexity index is 432. The molecular formula is C14H22N2O2S. The minimum atomic E-state index is -1.09. The summed E-state index contributed by atoms with van der Waals surface area (Å²) in [4.78, 5) is 11.7. The summed E-state index contributed by atoms with van der Waals surface area (Å²) >= 11 is 0. The quantitative estimate of drug-likeness (QED) is 0.802. The molecule has 0 saturated heterocycles. The maximum atomic E-state index is 11.7. The summed E-state index contributed by atoms with van der Waals surface area (Å²) < 4.78 is 11.7. The maximum Gasteiger partial charge on any atom is 0.236 e. The van der Waals surface area contributed by atoms with Gasteiger partial charge in [0.1, 0.15) is 5.75 Å². The fourth-order valence-corrected chi connectivity index (χ4v) is 2.91. The third kappa shape index (κ3) is 5.98. The Kier molecular flexibility index (Phi) is 6.73. The van der Waals surface area contributed by atoms with E-state index < -0.39 is 10.8 Å². The fourth-order valence-electron chi connectivity index (χ4n) is 1.56. The van der Waals surface area contributed by atoms with E-state index >= 15 is 0 Å². The van der Waals surface area contributed by atoms with Gasteiger partial charge in [-0.1, -0.05) is 32.4 Å². The number of nitrogens with two attached hydrogens (primary N) is 1. The molecule has 0 aliphatic heterocycles. The summed E-state index contributed by atoms with van der Waals surface area (Å²) in [5, 5.41) is 2.74. The molecule has 1 aromatic carbocycles. The first-order chi connectivity index (χ1) is 9.05. The van der Waals surface area contributed by atoms with Gasteiger partial charge < -0.3 is 11.1 Å². The van der Waals surface area contributed by atoms with Gasteiger partial charge in [-0.3, -0.25) is 9.00 Å². The molecule has 2 unspecified atom stereocenters. The van der Waals surface area contributed by atoms with E-state index in [1.54, 1.807) is 12.1 Å². The zero-order valence-electron chi connectivity index (χ0n) is 11.5. The zero-order chi connectivity index (χ0) is 14.3. The molecule has 0 aromatic heterocycles. The van der Waals surface area contributed by atoms with Crippen LogP contribution in [0.5, 0.6) is 0 Å². The van der Waals surface area contributed by atoms with E-state index in [0.717, 1.165) is 12.0 Å². The van der Waals surface area contributed by atoms with Crippen LogP contribution in [0.3, 0.4) is 0 Å². The van der Waals surface area contributed by atoms with Crippen molar-refractivity contribution in [2.24, 2.45) is 11.7 Å². The molecule has 1 rings (SSSR count). The molecule has 5 heteroatoms. The molecule has 1 aromatic rings. The first-order valence-electron chi connectivity index (χ1n) is 6.49. The van der Waals surface area contributed by atoms with Crippen LogP contribution in [-0.4, -0.2) is 21.6 Å². The SMILES string of the molecule is CCC(C)CS(=O)CC(=O)Nc1ccc(CN)cc1. The van der Waals surface area contributed by atoms with Crippen molar-refractivity contribution in [2.75, 3.05) is 16.8 Å². The average molecular weight is 282 g/mol. The second kappa shape index (κ2) is 8.07. The lowest BCUT2D eigenvalue weighted by molar-refractivity contribution is -0.113. The molecular weight excluding hydrogens is 260 g/mol. The Morgan fingerprint density at radius 2 is 2.00 bits per heavy atom. The van der Waals surface area contributed by atoms with Gasteiger partial charge >= 0.3 is 0 Å². The van der Waals surface area contributed by atoms with E-state index in [4.69, 9.17) is 5.73 Å². The van der Waals surface area contributed by atoms with Crippen molar-refractivity contribution in [3.05, 3.63) is 29.8 Å². The molecule has 0 aliphatic carbocycles. The van der Waals surface area contributed by atoms with Gasteiger partial charge in [0.2, 0.25) is 5.91 Å². The minimum absolute atomic E-state index is 0.0585. The number of hydrogen-bond acceptors (Lipinski definition) is 3. The number of rotatable bonds is 7. The highest BCUT2D eigenvalue weighted by Crippen LogP contribution is 2.09. The highest BCUT2D eigenvalue weighted by atomic mass is 32.2. The Morgan fingerprint density at radius 3 is 2.53 bits per heavy atom. The van der Waals surface area contributed by atoms with Gasteiger partial charge in [-0.25, -0.2) is 0 Å². The monoisotopic (exact) mass is 282 g/mol. The molecule has 0 radical (unpaired) electrons. The maximum absolute atomic E-state index is 11.7. The summed E-state index contributed by atoms with van der Waals surface area (Å²) in [5.74, 6) is 0.818. The van der Waals surface area contributed by atoms with E-state index in [1.807, 2.05) is 19.1 Å². The molecule has 1 amide bonds. The number of anilines is 1. The molecule has 0 aliphatic rings. The van der Waals surface area contributed by atoms with Crippen LogP contribution in [0.15, 0.2) is 24.3 Å². The van der Waals surface area contributed by atoms with E-state index in [9.17, 15) is 9.00 Å². The van der Waals surface area contributed by atoms with Gasteiger partial charge in [0.15, 0.2) is 0 Å². The van der Waals surface area contributed by atoms with Crippen LogP contribution in [0, 0.1) is 5.92 Å². The molecule has 0 saturated carbocycles. The van der Waals surface area contributed by atoms with Gasteiger partial charge in [-0.2, -0.15) is 0 Å². The van der Waals surface area contributed by atoms with E-state index in [1.165, 1.54) is 0 Å². The van der Waals surface area contributed by atoms with Crippen LogP contribution in [0.4, 0.5) is 5.69 Å². The van der Waals surface area contributed by atoms with Gasteiger partial charge in [-0.05, 0) is 23.6 Å². The summed E-state index contributed by atoms with van der Waals surface area (Å²) in [5.41, 5.74) is 7.22. The van der Waals surface area contributed by atoms with Crippen molar-refractivity contribution in [1.82, 2.24) is 0 Å². The lowest BCUT2D eigenvalue weighted by Gasteiger charge is -2.09. The summed E-state index contributed by atoms with van der Waals surface area (Å²) in [6, 6.07) is 7.34. The molecule has 19 heavy (non-hydrogen) atoms. The predicted octanol–water partition coefficient (Wildman–Crippen LogP) is 1.88. The van der Waals surface area contributed by atoms with Gasteiger partial charge in [0.25, 0.3) is 0 Å². The number of nitrogens with one attached hydrogen (secondary N) is 1. The second-order valence-electron chi connectivity index (χ2n) is 4.71. The van der Waals surface area contributed by atoms with Crippen LogP contribution in [-0.2, 0) is 22.1 Å². The number of carbonyl (C=O) groups is 1. The van der Waals surface area contributed by atoms with Crippen LogP contribution < -0.4 is 11.1 Å². The predicted molar refractivity (Wildman–Crippen MR) is 80.3 cm³/mol. The summed E-state index contributed by atoms with van der Waals surface area (Å²) in [6.07, 6.45) is 0.980. The smallest absolute Gasteiger partial charge is 0.236 e. The van der Waals surface area contributed by atoms with Crippen LogP contribution >= 0.6 is 0 Å². The first kappa shape index (κ1) is 15.9. The van der Waals surface area contributed by atoms with Crippen molar-refractivity contribution >= 4 is 22.4 Å². The summed E-state index contributed by atoms with van der Waals surface area (Å²) in [6.45, 7) is 4.58. The van der Waals surface area contributed by atoms with Crippen molar-refractivity contribution < 1.29 is 9.00 Å². The molecule has 0 fully saturated rings. The lowest BCUT2D eigenvalue weighted by Crippen LogP contribution is -2.22. The Labute approximate surface area is 117 Å². The standard InChI is InChI=1S/C14H22N2O2S/c1-3-11(2)9-19(18)10-14(17)16-13-6-4-12(8-15)5-7-13/h4-7,11H,3,8-10,15H2,1-2H3,(H,16,17). The van der Waals surface area contributed by atoms with Gasteiger partial charge in [-0.15, -0.1) is 0 Å². The molecule has 4 nitrogen and oxygen atoms in total. The van der Waals surface area contributed by atoms with E-state index in [0.29, 0.717) is 23.9 Å². The lowest BCUT2D eigenvalue weighted by atomic mass is 10.2. The van der Waals surface area contributed by atoms with Crippen LogP contribution in [0.2, 0.25) is 0 Å². The average Bonchev–Trinajstić information content (AvgIpc) is 2.39. The highest BCUT2D eigenvalue weighted by Gasteiger charge is 2.11. The van der Waals surface area contributed by atoms with Crippen LogP contribution in [0.1, 0.15) is 25.8 Å². The number of amides is 1. The molecule has 0 spiro atoms. The van der Waals surface area contributed by atoms with Gasteiger partial charge in [0, 0.05) is 28.8 Å². The largest absolute Gasteiger partial charge is 0.326 e. The summed E-state index contributed by atoms with van der Waals surface area (Å²) in [7, 11) is -1.09. The van der Waals surface area contributed by atoms with Crippen LogP contribution in [0.25, 0.3) is 0 Å². The van der Waals surface area contributed by atoms with Crippen molar-refractivity contribution in [3.63, 3.8) is 0 Å². The van der Waals surface area contributed by atoms with Crippen molar-refractivity contribution in [3.8, 4) is 0 Å². The molecule has 3 N–H and O–H groups in total. The third-order valence-electron chi connectivity index (χ3n) is 2.93. The number of carbonyl (C=O) groups excluding carboxylic acids is 1. The normalized spacial score (nSPS) is 13.8. The molecule has 0 bridgehead atoms. The minimum Gasteiger partial charge on any atom is -0.326 e. The first-order valence-corrected chi connectivity index (χ1v) is 7.97. The number of benzene rings is 1. The Hall–Kier alpha value is -1.20. The van der Waals surface area contributed by atoms with Crippen molar-refractivity contribution in [1.29, 1.82) is 0 Å². The van der Waals surface area contributed by atoms with E-state index in [-0.39, 0.29) is 11.7 Å². The zero-order valence-corrected chi connectivity index (χ0v) is 12.3.